The third-order valence-electron chi connectivity index (χ3n) is 4.92. The minimum atomic E-state index is -1.03. The van der Waals surface area contributed by atoms with Gasteiger partial charge in [-0.1, -0.05) is 12.8 Å². The van der Waals surface area contributed by atoms with Crippen LogP contribution in [0.5, 0.6) is 0 Å². The Morgan fingerprint density at radius 2 is 1.90 bits per heavy atom. The van der Waals surface area contributed by atoms with Gasteiger partial charge in [-0.2, -0.15) is 0 Å². The fraction of sp³-hybridized carbons (Fsp3) is 0.579. The maximum absolute atomic E-state index is 12.4. The van der Waals surface area contributed by atoms with Gasteiger partial charge in [0.1, 0.15) is 6.10 Å². The summed E-state index contributed by atoms with van der Waals surface area (Å²) in [7, 11) is 2.90. The zero-order valence-corrected chi connectivity index (χ0v) is 16.6. The van der Waals surface area contributed by atoms with Crippen LogP contribution in [0.25, 0.3) is 11.2 Å². The molecule has 0 saturated carbocycles. The molecule has 1 aliphatic rings. The monoisotopic (exact) mass is 406 g/mol. The van der Waals surface area contributed by atoms with Gasteiger partial charge in [0.15, 0.2) is 11.2 Å². The summed E-state index contributed by atoms with van der Waals surface area (Å²) >= 11 is 0. The largest absolute Gasteiger partial charge is 0.396 e. The highest BCUT2D eigenvalue weighted by Crippen LogP contribution is 2.22. The van der Waals surface area contributed by atoms with Crippen molar-refractivity contribution in [1.82, 2.24) is 18.7 Å². The molecule has 10 heteroatoms. The molecule has 0 saturated heterocycles. The molecule has 2 aromatic rings. The lowest BCUT2D eigenvalue weighted by atomic mass is 10.2. The fourth-order valence-electron chi connectivity index (χ4n) is 3.30. The number of hydrogen-bond acceptors (Lipinski definition) is 7. The number of aliphatic hydroxyl groups excluding tert-OH is 1. The van der Waals surface area contributed by atoms with E-state index in [1.54, 1.807) is 6.08 Å². The van der Waals surface area contributed by atoms with Crippen molar-refractivity contribution in [2.75, 3.05) is 19.8 Å². The Hall–Kier alpha value is -2.56. The molecule has 3 rings (SSSR count). The standard InChI is InChI=1S/C19H26N4O6/c1-21-16-15(17(26)22(2)19(21)27)20-12-23(16)18-14(25)8-7-13(29-18)11-28-10-6-4-3-5-9-24/h7-8,12-13,18,24H,3-6,9-11H2,1-2H3. The molecule has 2 atom stereocenters. The number of ether oxygens (including phenoxy) is 2. The number of ketones is 1. The molecule has 0 radical (unpaired) electrons. The molecule has 2 unspecified atom stereocenters. The minimum Gasteiger partial charge on any atom is -0.396 e. The van der Waals surface area contributed by atoms with E-state index in [2.05, 4.69) is 4.98 Å². The first-order valence-corrected chi connectivity index (χ1v) is 9.64. The summed E-state index contributed by atoms with van der Waals surface area (Å²) in [5.41, 5.74) is -0.711. The summed E-state index contributed by atoms with van der Waals surface area (Å²) in [4.78, 5) is 41.1. The zero-order chi connectivity index (χ0) is 21.0. The van der Waals surface area contributed by atoms with Gasteiger partial charge in [0.05, 0.1) is 12.9 Å². The molecule has 2 aromatic heterocycles. The van der Waals surface area contributed by atoms with Crippen LogP contribution in [0.15, 0.2) is 28.1 Å². The number of fused-ring (bicyclic) bond motifs is 1. The van der Waals surface area contributed by atoms with E-state index in [4.69, 9.17) is 14.6 Å². The fourth-order valence-corrected chi connectivity index (χ4v) is 3.30. The van der Waals surface area contributed by atoms with Gasteiger partial charge < -0.3 is 14.6 Å². The van der Waals surface area contributed by atoms with Crippen LogP contribution in [0.1, 0.15) is 31.9 Å². The Labute approximate surface area is 167 Å². The van der Waals surface area contributed by atoms with Crippen LogP contribution in [0.2, 0.25) is 0 Å². The Balaban J connectivity index is 1.72. The first-order chi connectivity index (χ1) is 14.0. The van der Waals surface area contributed by atoms with Crippen molar-refractivity contribution >= 4 is 16.9 Å². The number of hydrogen-bond donors (Lipinski definition) is 1. The van der Waals surface area contributed by atoms with Gasteiger partial charge in [-0.25, -0.2) is 9.78 Å². The number of unbranched alkanes of at least 4 members (excludes halogenated alkanes) is 3. The van der Waals surface area contributed by atoms with E-state index in [1.165, 1.54) is 35.6 Å². The molecular formula is C19H26N4O6. The van der Waals surface area contributed by atoms with Gasteiger partial charge in [0, 0.05) is 27.3 Å². The number of rotatable bonds is 9. The molecule has 0 spiro atoms. The Morgan fingerprint density at radius 1 is 1.14 bits per heavy atom. The molecule has 29 heavy (non-hydrogen) atoms. The second kappa shape index (κ2) is 9.29. The topological polar surface area (TPSA) is 118 Å². The molecule has 0 aromatic carbocycles. The van der Waals surface area contributed by atoms with E-state index >= 15 is 0 Å². The highest BCUT2D eigenvalue weighted by Gasteiger charge is 2.29. The minimum absolute atomic E-state index is 0.0937. The van der Waals surface area contributed by atoms with E-state index < -0.39 is 23.6 Å². The molecule has 1 N–H and O–H groups in total. The van der Waals surface area contributed by atoms with Gasteiger partial charge >= 0.3 is 5.69 Å². The van der Waals surface area contributed by atoms with E-state index in [0.29, 0.717) is 6.61 Å². The number of aryl methyl sites for hydroxylation is 1. The third-order valence-corrected chi connectivity index (χ3v) is 4.92. The number of carbonyl (C=O) groups is 1. The average molecular weight is 406 g/mol. The van der Waals surface area contributed by atoms with Gasteiger partial charge in [0.25, 0.3) is 5.56 Å². The van der Waals surface area contributed by atoms with Crippen LogP contribution in [0, 0.1) is 0 Å². The molecular weight excluding hydrogens is 380 g/mol. The number of aromatic nitrogens is 4. The summed E-state index contributed by atoms with van der Waals surface area (Å²) < 4.78 is 15.2. The number of carbonyl (C=O) groups excluding carboxylic acids is 1. The predicted octanol–water partition coefficient (Wildman–Crippen LogP) is 0.0257. The molecule has 3 heterocycles. The van der Waals surface area contributed by atoms with Crippen LogP contribution < -0.4 is 11.2 Å². The summed E-state index contributed by atoms with van der Waals surface area (Å²) in [5, 5.41) is 8.76. The first-order valence-electron chi connectivity index (χ1n) is 9.64. The SMILES string of the molecule is Cn1c(=O)c2ncn(C3OC(COCCCCCCO)C=CC3=O)c2n(C)c1=O. The van der Waals surface area contributed by atoms with Gasteiger partial charge in [-0.3, -0.25) is 23.3 Å². The van der Waals surface area contributed by atoms with E-state index in [0.717, 1.165) is 30.3 Å². The normalized spacial score (nSPS) is 19.3. The Bertz CT molecular complexity index is 1020. The van der Waals surface area contributed by atoms with E-state index in [-0.39, 0.29) is 30.2 Å². The number of imidazole rings is 1. The molecule has 0 fully saturated rings. The van der Waals surface area contributed by atoms with Gasteiger partial charge in [0.2, 0.25) is 12.0 Å². The Kier molecular flexibility index (Phi) is 6.78. The third kappa shape index (κ3) is 4.39. The lowest BCUT2D eigenvalue weighted by Gasteiger charge is -2.26. The second-order valence-corrected chi connectivity index (χ2v) is 7.03. The zero-order valence-electron chi connectivity index (χ0n) is 16.6. The molecule has 1 aliphatic heterocycles. The first kappa shape index (κ1) is 21.2. The van der Waals surface area contributed by atoms with Crippen LogP contribution >= 0.6 is 0 Å². The van der Waals surface area contributed by atoms with Crippen molar-refractivity contribution in [1.29, 1.82) is 0 Å². The second-order valence-electron chi connectivity index (χ2n) is 7.03. The van der Waals surface area contributed by atoms with Crippen LogP contribution in [-0.2, 0) is 28.4 Å². The van der Waals surface area contributed by atoms with E-state index in [1.807, 2.05) is 0 Å². The quantitative estimate of drug-likeness (QED) is 0.584. The maximum Gasteiger partial charge on any atom is 0.332 e. The highest BCUT2D eigenvalue weighted by molar-refractivity contribution is 5.93. The Morgan fingerprint density at radius 3 is 2.66 bits per heavy atom. The maximum atomic E-state index is 12.4. The summed E-state index contributed by atoms with van der Waals surface area (Å²) in [6.45, 7) is 1.06. The predicted molar refractivity (Wildman–Crippen MR) is 105 cm³/mol. The molecule has 0 amide bonds. The summed E-state index contributed by atoms with van der Waals surface area (Å²) in [5.74, 6) is -0.308. The molecule has 10 nitrogen and oxygen atoms in total. The lowest BCUT2D eigenvalue weighted by molar-refractivity contribution is -0.140. The average Bonchev–Trinajstić information content (AvgIpc) is 3.16. The smallest absolute Gasteiger partial charge is 0.332 e. The van der Waals surface area contributed by atoms with Crippen molar-refractivity contribution in [3.05, 3.63) is 39.3 Å². The van der Waals surface area contributed by atoms with Crippen molar-refractivity contribution in [2.45, 2.75) is 38.0 Å². The van der Waals surface area contributed by atoms with Crippen molar-refractivity contribution in [3.63, 3.8) is 0 Å². The molecule has 0 bridgehead atoms. The summed E-state index contributed by atoms with van der Waals surface area (Å²) in [6.07, 6.45) is 6.56. The van der Waals surface area contributed by atoms with Gasteiger partial charge in [-0.15, -0.1) is 0 Å². The summed E-state index contributed by atoms with van der Waals surface area (Å²) in [6, 6.07) is 0. The highest BCUT2D eigenvalue weighted by atomic mass is 16.5. The number of aliphatic hydroxyl groups is 1. The van der Waals surface area contributed by atoms with Gasteiger partial charge in [-0.05, 0) is 25.0 Å². The van der Waals surface area contributed by atoms with Crippen LogP contribution in [0.4, 0.5) is 0 Å². The van der Waals surface area contributed by atoms with E-state index in [9.17, 15) is 14.4 Å². The molecule has 158 valence electrons. The van der Waals surface area contributed by atoms with Crippen molar-refractivity contribution < 1.29 is 19.4 Å². The van der Waals surface area contributed by atoms with Crippen molar-refractivity contribution in [3.8, 4) is 0 Å². The number of nitrogens with zero attached hydrogens (tertiary/aromatic N) is 4. The van der Waals surface area contributed by atoms with Crippen LogP contribution in [-0.4, -0.2) is 55.5 Å². The molecule has 0 aliphatic carbocycles. The van der Waals surface area contributed by atoms with Crippen LogP contribution in [0.3, 0.4) is 0 Å². The lowest BCUT2D eigenvalue weighted by Crippen LogP contribution is -2.38. The van der Waals surface area contributed by atoms with Crippen molar-refractivity contribution in [2.24, 2.45) is 14.1 Å².